The van der Waals surface area contributed by atoms with Gasteiger partial charge in [0.25, 0.3) is 0 Å². The van der Waals surface area contributed by atoms with E-state index in [0.717, 1.165) is 10.9 Å². The number of fused-ring (bicyclic) bond motifs is 2. The van der Waals surface area contributed by atoms with Gasteiger partial charge in [-0.3, -0.25) is 14.6 Å². The molecule has 0 bridgehead atoms. The highest BCUT2D eigenvalue weighted by Crippen LogP contribution is 2.33. The van der Waals surface area contributed by atoms with Crippen LogP contribution in [0.25, 0.3) is 10.9 Å². The number of hydrogen-bond donors (Lipinski definition) is 0. The minimum atomic E-state index is -0.799. The second-order valence-electron chi connectivity index (χ2n) is 6.49. The van der Waals surface area contributed by atoms with Crippen LogP contribution in [0.3, 0.4) is 0 Å². The fourth-order valence-electron chi connectivity index (χ4n) is 3.21. The Balaban J connectivity index is 0.000000349. The number of Topliss-reactive ketones (excluding diaryl/α,β-unsaturated/α-hetero) is 2. The van der Waals surface area contributed by atoms with Crippen molar-refractivity contribution in [2.45, 2.75) is 39.0 Å². The second-order valence-corrected chi connectivity index (χ2v) is 6.49. The fourth-order valence-corrected chi connectivity index (χ4v) is 3.21. The third-order valence-electron chi connectivity index (χ3n) is 4.61. The Morgan fingerprint density at radius 3 is 1.92 bits per heavy atom. The first-order valence-corrected chi connectivity index (χ1v) is 9.20. The lowest BCUT2D eigenvalue weighted by Crippen LogP contribution is -2.14. The molecule has 3 aromatic rings. The summed E-state index contributed by atoms with van der Waals surface area (Å²) in [5.41, 5.74) is 2.33. The minimum Gasteiger partial charge on any atom is -0.293 e. The molecule has 0 spiro atoms. The van der Waals surface area contributed by atoms with Gasteiger partial charge in [-0.25, -0.2) is 0 Å². The van der Waals surface area contributed by atoms with E-state index in [1.54, 1.807) is 30.3 Å². The van der Waals surface area contributed by atoms with Gasteiger partial charge in [-0.05, 0) is 12.1 Å². The molecule has 3 nitrogen and oxygen atoms in total. The number of ketones is 2. The molecule has 1 heterocycles. The summed E-state index contributed by atoms with van der Waals surface area (Å²) in [7, 11) is 0. The number of carbonyl (C=O) groups is 2. The summed E-state index contributed by atoms with van der Waals surface area (Å²) in [5.74, 6) is -1.11. The smallest absolute Gasteiger partial charge is 0.180 e. The topological polar surface area (TPSA) is 47.0 Å². The Labute approximate surface area is 154 Å². The zero-order valence-corrected chi connectivity index (χ0v) is 15.2. The quantitative estimate of drug-likeness (QED) is 0.581. The molecule has 2 aromatic carbocycles. The third-order valence-corrected chi connectivity index (χ3v) is 4.61. The molecule has 0 saturated carbocycles. The van der Waals surface area contributed by atoms with Crippen molar-refractivity contribution in [3.63, 3.8) is 0 Å². The number of carbonyl (C=O) groups excluding carboxylic acids is 2. The molecule has 1 aliphatic carbocycles. The van der Waals surface area contributed by atoms with Crippen LogP contribution in [0.4, 0.5) is 0 Å². The van der Waals surface area contributed by atoms with E-state index >= 15 is 0 Å². The minimum absolute atomic E-state index is 0.154. The van der Waals surface area contributed by atoms with E-state index in [9.17, 15) is 9.59 Å². The summed E-state index contributed by atoms with van der Waals surface area (Å²) in [6.07, 6.45) is 4.08. The van der Waals surface area contributed by atoms with Crippen molar-refractivity contribution in [2.24, 2.45) is 0 Å². The van der Waals surface area contributed by atoms with E-state index in [0.29, 0.717) is 16.8 Å². The van der Waals surface area contributed by atoms with Gasteiger partial charge < -0.3 is 0 Å². The van der Waals surface area contributed by atoms with Gasteiger partial charge in [-0.1, -0.05) is 81.6 Å². The Morgan fingerprint density at radius 2 is 1.35 bits per heavy atom. The van der Waals surface area contributed by atoms with E-state index in [4.69, 9.17) is 0 Å². The third kappa shape index (κ3) is 3.43. The first kappa shape index (κ1) is 18.0. The number of aromatic nitrogens is 1. The Bertz CT molecular complexity index is 909. The van der Waals surface area contributed by atoms with Crippen LogP contribution in [0, 0.1) is 0 Å². The molecule has 4 rings (SSSR count). The van der Waals surface area contributed by atoms with Crippen LogP contribution in [-0.2, 0) is 0 Å². The van der Waals surface area contributed by atoms with Crippen LogP contribution in [0.15, 0.2) is 60.7 Å². The van der Waals surface area contributed by atoms with E-state index in [-0.39, 0.29) is 11.6 Å². The number of nitrogens with zero attached hydrogens (tertiary/aromatic N) is 1. The Hall–Kier alpha value is -2.81. The van der Waals surface area contributed by atoms with Gasteiger partial charge in [0.15, 0.2) is 11.6 Å². The van der Waals surface area contributed by atoms with Crippen LogP contribution < -0.4 is 0 Å². The average molecular weight is 345 g/mol. The van der Waals surface area contributed by atoms with Crippen molar-refractivity contribution in [1.82, 2.24) is 4.98 Å². The number of unbranched alkanes of at least 4 members (excludes halogenated alkanes) is 2. The molecule has 1 aliphatic rings. The summed E-state index contributed by atoms with van der Waals surface area (Å²) in [6, 6.07) is 18.3. The van der Waals surface area contributed by atoms with E-state index in [1.165, 1.54) is 19.3 Å². The molecule has 0 atom stereocenters. The van der Waals surface area contributed by atoms with Gasteiger partial charge in [-0.2, -0.15) is 0 Å². The molecule has 0 N–H and O–H groups in total. The van der Waals surface area contributed by atoms with Crippen molar-refractivity contribution in [2.75, 3.05) is 0 Å². The van der Waals surface area contributed by atoms with Crippen molar-refractivity contribution in [3.05, 3.63) is 77.5 Å². The van der Waals surface area contributed by atoms with E-state index in [2.05, 4.69) is 18.8 Å². The summed E-state index contributed by atoms with van der Waals surface area (Å²) in [5, 5.41) is 0.997. The van der Waals surface area contributed by atoms with Crippen LogP contribution >= 0.6 is 0 Å². The highest BCUT2D eigenvalue weighted by molar-refractivity contribution is 6.29. The highest BCUT2D eigenvalue weighted by atomic mass is 16.2. The Kier molecular flexibility index (Phi) is 5.57. The van der Waals surface area contributed by atoms with Crippen LogP contribution in [0.5, 0.6) is 0 Å². The van der Waals surface area contributed by atoms with Gasteiger partial charge in [0.05, 0.1) is 11.2 Å². The average Bonchev–Trinajstić information content (AvgIpc) is 2.93. The summed E-state index contributed by atoms with van der Waals surface area (Å²) >= 11 is 0. The monoisotopic (exact) mass is 345 g/mol. The number of benzene rings is 2. The molecular weight excluding hydrogens is 322 g/mol. The Morgan fingerprint density at radius 1 is 0.769 bits per heavy atom. The fraction of sp³-hybridized carbons (Fsp3) is 0.261. The molecule has 3 heteroatoms. The molecule has 0 radical (unpaired) electrons. The molecule has 0 amide bonds. The molecule has 132 valence electrons. The number of para-hydroxylation sites is 1. The SMILES string of the molecule is CCCCC.O=C1c2ccccc2C(=O)C1c1ccc2ccccc2n1. The first-order chi connectivity index (χ1) is 12.7. The molecule has 0 unspecified atom stereocenters. The molecule has 0 aliphatic heterocycles. The largest absolute Gasteiger partial charge is 0.293 e. The van der Waals surface area contributed by atoms with Crippen molar-refractivity contribution < 1.29 is 9.59 Å². The van der Waals surface area contributed by atoms with Gasteiger partial charge in [0.1, 0.15) is 5.92 Å². The van der Waals surface area contributed by atoms with E-state index in [1.807, 2.05) is 30.3 Å². The lowest BCUT2D eigenvalue weighted by molar-refractivity contribution is 0.0888. The molecule has 1 aromatic heterocycles. The standard InChI is InChI=1S/C18H11NO2.C5H12/c20-17-12-6-2-3-7-13(12)18(21)16(17)15-10-9-11-5-1-4-8-14(11)19-15;1-3-5-4-2/h1-10,16H;3-5H2,1-2H3. The van der Waals surface area contributed by atoms with Gasteiger partial charge in [0, 0.05) is 16.5 Å². The highest BCUT2D eigenvalue weighted by Gasteiger charge is 2.40. The maximum Gasteiger partial charge on any atom is 0.180 e. The summed E-state index contributed by atoms with van der Waals surface area (Å²) in [4.78, 5) is 29.5. The summed E-state index contributed by atoms with van der Waals surface area (Å²) < 4.78 is 0. The number of hydrogen-bond acceptors (Lipinski definition) is 3. The zero-order chi connectivity index (χ0) is 18.5. The van der Waals surface area contributed by atoms with E-state index < -0.39 is 5.92 Å². The van der Waals surface area contributed by atoms with Crippen LogP contribution in [0.2, 0.25) is 0 Å². The van der Waals surface area contributed by atoms with Crippen LogP contribution in [-0.4, -0.2) is 16.6 Å². The summed E-state index contributed by atoms with van der Waals surface area (Å²) in [6.45, 7) is 4.42. The predicted molar refractivity (Wildman–Crippen MR) is 105 cm³/mol. The zero-order valence-electron chi connectivity index (χ0n) is 15.2. The predicted octanol–water partition coefficient (Wildman–Crippen LogP) is 5.59. The maximum atomic E-state index is 12.5. The molecular formula is C23H23NO2. The number of pyridine rings is 1. The normalized spacial score (nSPS) is 13.5. The molecule has 0 fully saturated rings. The first-order valence-electron chi connectivity index (χ1n) is 9.20. The van der Waals surface area contributed by atoms with Gasteiger partial charge in [-0.15, -0.1) is 0 Å². The maximum absolute atomic E-state index is 12.5. The molecule has 26 heavy (non-hydrogen) atoms. The van der Waals surface area contributed by atoms with Gasteiger partial charge >= 0.3 is 0 Å². The van der Waals surface area contributed by atoms with Crippen LogP contribution in [0.1, 0.15) is 65.4 Å². The second kappa shape index (κ2) is 8.05. The van der Waals surface area contributed by atoms with Crippen molar-refractivity contribution >= 4 is 22.5 Å². The van der Waals surface area contributed by atoms with Crippen molar-refractivity contribution in [3.8, 4) is 0 Å². The van der Waals surface area contributed by atoms with Gasteiger partial charge in [0.2, 0.25) is 0 Å². The molecule has 0 saturated heterocycles. The number of rotatable bonds is 3. The lowest BCUT2D eigenvalue weighted by atomic mass is 9.98. The lowest BCUT2D eigenvalue weighted by Gasteiger charge is -2.07. The van der Waals surface area contributed by atoms with Crippen molar-refractivity contribution in [1.29, 1.82) is 0 Å².